The van der Waals surface area contributed by atoms with Crippen molar-refractivity contribution in [1.29, 1.82) is 5.26 Å². The highest BCUT2D eigenvalue weighted by Crippen LogP contribution is 2.31. The van der Waals surface area contributed by atoms with E-state index in [0.29, 0.717) is 36.8 Å². The van der Waals surface area contributed by atoms with Gasteiger partial charge >= 0.3 is 0 Å². The molecule has 8 nitrogen and oxygen atoms in total. The van der Waals surface area contributed by atoms with Crippen LogP contribution in [0.15, 0.2) is 28.8 Å². The summed E-state index contributed by atoms with van der Waals surface area (Å²) in [5, 5.41) is 12.7. The molecular formula is C19H18ClN5O3. The molecule has 1 aromatic heterocycles. The van der Waals surface area contributed by atoms with Gasteiger partial charge in [0.15, 0.2) is 0 Å². The first kappa shape index (κ1) is 18.4. The Morgan fingerprint density at radius 1 is 1.32 bits per heavy atom. The molecule has 0 aliphatic carbocycles. The smallest absolute Gasteiger partial charge is 0.263 e. The third-order valence-electron chi connectivity index (χ3n) is 5.33. The van der Waals surface area contributed by atoms with Crippen molar-refractivity contribution < 1.29 is 14.1 Å². The lowest BCUT2D eigenvalue weighted by Crippen LogP contribution is -2.42. The lowest BCUT2D eigenvalue weighted by molar-refractivity contribution is -0.136. The normalized spacial score (nSPS) is 20.4. The molecule has 28 heavy (non-hydrogen) atoms. The first-order valence-corrected chi connectivity index (χ1v) is 9.51. The van der Waals surface area contributed by atoms with Gasteiger partial charge in [-0.15, -0.1) is 0 Å². The van der Waals surface area contributed by atoms with E-state index >= 15 is 0 Å². The van der Waals surface area contributed by atoms with E-state index in [1.54, 1.807) is 29.2 Å². The Morgan fingerprint density at radius 3 is 2.79 bits per heavy atom. The zero-order valence-corrected chi connectivity index (χ0v) is 15.8. The Morgan fingerprint density at radius 2 is 2.11 bits per heavy atom. The maximum atomic E-state index is 12.9. The molecule has 2 aliphatic rings. The van der Waals surface area contributed by atoms with Crippen molar-refractivity contribution in [3.8, 4) is 6.07 Å². The SMILES string of the molecule is N#Cc1cccc(N2CC(C(=O)N3CCC(c4nc(Cl)no4)CC3)CC2=O)c1. The van der Waals surface area contributed by atoms with E-state index in [9.17, 15) is 9.59 Å². The van der Waals surface area contributed by atoms with Crippen LogP contribution in [0, 0.1) is 17.2 Å². The van der Waals surface area contributed by atoms with E-state index in [-0.39, 0.29) is 35.4 Å². The van der Waals surface area contributed by atoms with Gasteiger partial charge < -0.3 is 14.3 Å². The van der Waals surface area contributed by atoms with E-state index in [1.807, 2.05) is 4.90 Å². The number of benzene rings is 1. The van der Waals surface area contributed by atoms with E-state index in [4.69, 9.17) is 21.4 Å². The fourth-order valence-corrected chi connectivity index (χ4v) is 3.97. The second-order valence-corrected chi connectivity index (χ2v) is 7.41. The Labute approximate surface area is 166 Å². The minimum atomic E-state index is -0.368. The molecule has 2 aliphatic heterocycles. The van der Waals surface area contributed by atoms with Crippen LogP contribution < -0.4 is 4.90 Å². The van der Waals surface area contributed by atoms with Crippen LogP contribution in [0.5, 0.6) is 0 Å². The van der Waals surface area contributed by atoms with Crippen LogP contribution in [0.3, 0.4) is 0 Å². The summed E-state index contributed by atoms with van der Waals surface area (Å²) in [6.07, 6.45) is 1.63. The number of carbonyl (C=O) groups is 2. The maximum absolute atomic E-state index is 12.9. The zero-order valence-electron chi connectivity index (χ0n) is 15.0. The van der Waals surface area contributed by atoms with Gasteiger partial charge in [0, 0.05) is 37.7 Å². The van der Waals surface area contributed by atoms with Crippen LogP contribution in [0.2, 0.25) is 5.28 Å². The molecule has 4 rings (SSSR count). The fourth-order valence-electron chi connectivity index (χ4n) is 3.85. The summed E-state index contributed by atoms with van der Waals surface area (Å²) in [4.78, 5) is 32.8. The molecule has 0 saturated carbocycles. The summed E-state index contributed by atoms with van der Waals surface area (Å²) in [6, 6.07) is 8.96. The quantitative estimate of drug-likeness (QED) is 0.784. The van der Waals surface area contributed by atoms with Crippen LogP contribution in [0.4, 0.5) is 5.69 Å². The number of halogens is 1. The van der Waals surface area contributed by atoms with E-state index in [1.165, 1.54) is 0 Å². The number of anilines is 1. The topological polar surface area (TPSA) is 103 Å². The van der Waals surface area contributed by atoms with Gasteiger partial charge in [0.25, 0.3) is 5.28 Å². The molecule has 2 aromatic rings. The van der Waals surface area contributed by atoms with Gasteiger partial charge in [0.2, 0.25) is 17.7 Å². The van der Waals surface area contributed by atoms with E-state index in [2.05, 4.69) is 16.2 Å². The number of hydrogen-bond acceptors (Lipinski definition) is 6. The molecule has 0 N–H and O–H groups in total. The first-order chi connectivity index (χ1) is 13.5. The zero-order chi connectivity index (χ0) is 19.7. The minimum absolute atomic E-state index is 0.00528. The summed E-state index contributed by atoms with van der Waals surface area (Å²) in [7, 11) is 0. The first-order valence-electron chi connectivity index (χ1n) is 9.13. The van der Waals surface area contributed by atoms with Crippen LogP contribution >= 0.6 is 11.6 Å². The van der Waals surface area contributed by atoms with Gasteiger partial charge in [-0.1, -0.05) is 6.07 Å². The van der Waals surface area contributed by atoms with Gasteiger partial charge in [0.1, 0.15) is 0 Å². The molecule has 0 bridgehead atoms. The molecule has 9 heteroatoms. The van der Waals surface area contributed by atoms with Gasteiger partial charge in [-0.2, -0.15) is 10.2 Å². The largest absolute Gasteiger partial charge is 0.342 e. The number of carbonyl (C=O) groups excluding carboxylic acids is 2. The lowest BCUT2D eigenvalue weighted by atomic mass is 9.95. The summed E-state index contributed by atoms with van der Waals surface area (Å²) >= 11 is 5.71. The van der Waals surface area contributed by atoms with Gasteiger partial charge in [-0.3, -0.25) is 9.59 Å². The standard InChI is InChI=1S/C19H18ClN5O3/c20-19-22-17(28-23-19)13-4-6-24(7-5-13)18(27)14-9-16(26)25(11-14)15-3-1-2-12(8-15)10-21/h1-3,8,13-14H,4-7,9,11H2. The van der Waals surface area contributed by atoms with Gasteiger partial charge in [0.05, 0.1) is 17.6 Å². The molecule has 0 spiro atoms. The summed E-state index contributed by atoms with van der Waals surface area (Å²) in [5.74, 6) is 0.141. The average molecular weight is 400 g/mol. The summed E-state index contributed by atoms with van der Waals surface area (Å²) < 4.78 is 5.12. The van der Waals surface area contributed by atoms with Crippen LogP contribution in [-0.4, -0.2) is 46.5 Å². The number of likely N-dealkylation sites (tertiary alicyclic amines) is 1. The predicted octanol–water partition coefficient (Wildman–Crippen LogP) is 2.35. The Bertz CT molecular complexity index is 945. The molecule has 2 amide bonds. The molecule has 144 valence electrons. The number of aromatic nitrogens is 2. The molecule has 1 aromatic carbocycles. The number of amides is 2. The molecule has 1 unspecified atom stereocenters. The predicted molar refractivity (Wildman–Crippen MR) is 99.5 cm³/mol. The lowest BCUT2D eigenvalue weighted by Gasteiger charge is -2.32. The van der Waals surface area contributed by atoms with Crippen molar-refractivity contribution in [2.75, 3.05) is 24.5 Å². The monoisotopic (exact) mass is 399 g/mol. The van der Waals surface area contributed by atoms with Crippen molar-refractivity contribution in [3.05, 3.63) is 41.0 Å². The minimum Gasteiger partial charge on any atom is -0.342 e. The molecule has 0 radical (unpaired) electrons. The number of rotatable bonds is 3. The third-order valence-corrected chi connectivity index (χ3v) is 5.49. The Kier molecular flexibility index (Phi) is 5.01. The second-order valence-electron chi connectivity index (χ2n) is 7.07. The van der Waals surface area contributed by atoms with Gasteiger partial charge in [-0.05, 0) is 47.8 Å². The number of nitrogens with zero attached hydrogens (tertiary/aromatic N) is 5. The highest BCUT2D eigenvalue weighted by molar-refractivity contribution is 6.28. The van der Waals surface area contributed by atoms with Crippen molar-refractivity contribution in [3.63, 3.8) is 0 Å². The van der Waals surface area contributed by atoms with Crippen molar-refractivity contribution in [2.45, 2.75) is 25.2 Å². The number of nitriles is 1. The highest BCUT2D eigenvalue weighted by atomic mass is 35.5. The molecule has 2 fully saturated rings. The fraction of sp³-hybridized carbons (Fsp3) is 0.421. The number of hydrogen-bond donors (Lipinski definition) is 0. The highest BCUT2D eigenvalue weighted by Gasteiger charge is 2.38. The van der Waals surface area contributed by atoms with Crippen LogP contribution in [0.25, 0.3) is 0 Å². The molecule has 2 saturated heterocycles. The average Bonchev–Trinajstić information content (AvgIpc) is 3.33. The second kappa shape index (κ2) is 7.60. The van der Waals surface area contributed by atoms with E-state index in [0.717, 1.165) is 12.8 Å². The van der Waals surface area contributed by atoms with E-state index < -0.39 is 0 Å². The summed E-state index contributed by atoms with van der Waals surface area (Å²) in [5.41, 5.74) is 1.15. The molecular weight excluding hydrogens is 382 g/mol. The van der Waals surface area contributed by atoms with Crippen LogP contribution in [0.1, 0.15) is 36.6 Å². The Hall–Kier alpha value is -2.92. The summed E-state index contributed by atoms with van der Waals surface area (Å²) in [6.45, 7) is 1.50. The third kappa shape index (κ3) is 3.58. The Balaban J connectivity index is 1.38. The van der Waals surface area contributed by atoms with Crippen molar-refractivity contribution in [1.82, 2.24) is 15.0 Å². The maximum Gasteiger partial charge on any atom is 0.263 e. The molecule has 1 atom stereocenters. The van der Waals surface area contributed by atoms with Crippen molar-refractivity contribution >= 4 is 29.1 Å². The van der Waals surface area contributed by atoms with Crippen molar-refractivity contribution in [2.24, 2.45) is 5.92 Å². The number of piperidine rings is 1. The van der Waals surface area contributed by atoms with Crippen LogP contribution in [-0.2, 0) is 9.59 Å². The van der Waals surface area contributed by atoms with Gasteiger partial charge in [-0.25, -0.2) is 0 Å². The molecule has 3 heterocycles.